The maximum atomic E-state index is 12.7. The van der Waals surface area contributed by atoms with Gasteiger partial charge in [0.25, 0.3) is 0 Å². The quantitative estimate of drug-likeness (QED) is 0.667. The first kappa shape index (κ1) is 17.9. The number of fused-ring (bicyclic) bond motifs is 1. The molecule has 0 saturated heterocycles. The lowest BCUT2D eigenvalue weighted by Crippen LogP contribution is -2.23. The van der Waals surface area contributed by atoms with Crippen LogP contribution in [0.15, 0.2) is 47.3 Å². The predicted molar refractivity (Wildman–Crippen MR) is 96.7 cm³/mol. The van der Waals surface area contributed by atoms with Crippen molar-refractivity contribution in [3.8, 4) is 11.4 Å². The molecule has 0 atom stereocenters. The van der Waals surface area contributed by atoms with Crippen molar-refractivity contribution in [3.63, 3.8) is 0 Å². The van der Waals surface area contributed by atoms with Gasteiger partial charge in [-0.2, -0.15) is 5.10 Å². The van der Waals surface area contributed by atoms with E-state index in [-0.39, 0.29) is 17.7 Å². The summed E-state index contributed by atoms with van der Waals surface area (Å²) in [7, 11) is 1.53. The summed E-state index contributed by atoms with van der Waals surface area (Å²) in [5, 5.41) is 14.1. The Balaban J connectivity index is 2.29. The van der Waals surface area contributed by atoms with Gasteiger partial charge in [0, 0.05) is 12.1 Å². The van der Waals surface area contributed by atoms with E-state index in [9.17, 15) is 14.7 Å². The van der Waals surface area contributed by atoms with E-state index in [1.165, 1.54) is 11.8 Å². The Hall–Kier alpha value is -2.90. The zero-order valence-corrected chi connectivity index (χ0v) is 14.6. The maximum absolute atomic E-state index is 12.7. The molecule has 7 nitrogen and oxygen atoms in total. The van der Waals surface area contributed by atoms with Gasteiger partial charge in [-0.05, 0) is 36.4 Å². The van der Waals surface area contributed by atoms with Crippen molar-refractivity contribution in [1.82, 2.24) is 9.78 Å². The highest BCUT2D eigenvalue weighted by molar-refractivity contribution is 6.30. The Morgan fingerprint density at radius 2 is 1.92 bits per heavy atom. The highest BCUT2D eigenvalue weighted by atomic mass is 35.5. The predicted octanol–water partition coefficient (Wildman–Crippen LogP) is 2.76. The van der Waals surface area contributed by atoms with Gasteiger partial charge in [-0.15, -0.1) is 0 Å². The number of hydrogen-bond donors (Lipinski definition) is 1. The Labute approximate surface area is 153 Å². The molecule has 0 saturated carbocycles. The number of rotatable bonds is 6. The van der Waals surface area contributed by atoms with Crippen LogP contribution in [0.4, 0.5) is 0 Å². The van der Waals surface area contributed by atoms with Gasteiger partial charge in [0.2, 0.25) is 11.1 Å². The summed E-state index contributed by atoms with van der Waals surface area (Å²) in [6.45, 7) is 0.555. The van der Waals surface area contributed by atoms with E-state index in [0.29, 0.717) is 22.8 Å². The lowest BCUT2D eigenvalue weighted by molar-refractivity contribution is 0.0687. The Morgan fingerprint density at radius 3 is 2.58 bits per heavy atom. The number of carbonyl (C=O) groups is 1. The summed E-state index contributed by atoms with van der Waals surface area (Å²) in [5.74, 6) is -1.14. The molecule has 3 rings (SSSR count). The molecule has 0 aliphatic carbocycles. The van der Waals surface area contributed by atoms with E-state index < -0.39 is 17.1 Å². The Kier molecular flexibility index (Phi) is 5.20. The number of methoxy groups -OCH3 is 1. The number of hydrogen-bond acceptors (Lipinski definition) is 5. The smallest absolute Gasteiger partial charge is 0.360 e. The maximum Gasteiger partial charge on any atom is 0.360 e. The summed E-state index contributed by atoms with van der Waals surface area (Å²) < 4.78 is 11.9. The summed E-state index contributed by atoms with van der Waals surface area (Å²) in [5.41, 5.74) is -0.297. The second-order valence-electron chi connectivity index (χ2n) is 5.36. The fourth-order valence-corrected chi connectivity index (χ4v) is 2.64. The molecule has 0 bridgehead atoms. The van der Waals surface area contributed by atoms with Gasteiger partial charge in [-0.25, -0.2) is 9.48 Å². The van der Waals surface area contributed by atoms with E-state index >= 15 is 0 Å². The van der Waals surface area contributed by atoms with Crippen molar-refractivity contribution in [2.75, 3.05) is 20.3 Å². The molecule has 0 radical (unpaired) electrons. The fourth-order valence-electron chi connectivity index (χ4n) is 2.52. The molecule has 1 N–H and O–H groups in total. The topological polar surface area (TPSA) is 90.7 Å². The average molecular weight is 375 g/mol. The molecular weight excluding hydrogens is 360 g/mol. The van der Waals surface area contributed by atoms with Crippen molar-refractivity contribution in [1.29, 1.82) is 0 Å². The minimum atomic E-state index is -1.41. The van der Waals surface area contributed by atoms with Crippen molar-refractivity contribution in [3.05, 3.63) is 63.4 Å². The lowest BCUT2D eigenvalue weighted by atomic mass is 10.1. The zero-order valence-electron chi connectivity index (χ0n) is 13.8. The van der Waals surface area contributed by atoms with Crippen LogP contribution in [-0.4, -0.2) is 41.2 Å². The van der Waals surface area contributed by atoms with Crippen LogP contribution in [0.3, 0.4) is 0 Å². The largest absolute Gasteiger partial charge is 0.490 e. The number of carboxylic acids is 1. The molecule has 26 heavy (non-hydrogen) atoms. The molecule has 0 aliphatic heterocycles. The SMILES string of the molecule is COCCOc1cccc2c1c(=O)c(C(=O)O)nn2-c1ccc(Cl)cc1. The van der Waals surface area contributed by atoms with Gasteiger partial charge in [-0.1, -0.05) is 17.7 Å². The van der Waals surface area contributed by atoms with Crippen LogP contribution >= 0.6 is 11.6 Å². The second-order valence-corrected chi connectivity index (χ2v) is 5.80. The van der Waals surface area contributed by atoms with E-state index in [2.05, 4.69) is 5.10 Å². The Bertz CT molecular complexity index is 1010. The van der Waals surface area contributed by atoms with Crippen molar-refractivity contribution < 1.29 is 19.4 Å². The normalized spacial score (nSPS) is 10.8. The highest BCUT2D eigenvalue weighted by Gasteiger charge is 2.20. The average Bonchev–Trinajstić information content (AvgIpc) is 2.63. The van der Waals surface area contributed by atoms with Crippen LogP contribution in [0.5, 0.6) is 5.75 Å². The van der Waals surface area contributed by atoms with Gasteiger partial charge < -0.3 is 14.6 Å². The Morgan fingerprint density at radius 1 is 1.19 bits per heavy atom. The third-order valence-electron chi connectivity index (χ3n) is 3.69. The minimum absolute atomic E-state index is 0.144. The van der Waals surface area contributed by atoms with E-state index in [4.69, 9.17) is 21.1 Å². The standard InChI is InChI=1S/C18H15ClN2O5/c1-25-9-10-26-14-4-2-3-13-15(14)17(22)16(18(23)24)20-21(13)12-7-5-11(19)6-8-12/h2-8H,9-10H2,1H3,(H,23,24). The molecule has 2 aromatic carbocycles. The van der Waals surface area contributed by atoms with Crippen LogP contribution in [-0.2, 0) is 4.74 Å². The molecular formula is C18H15ClN2O5. The molecule has 0 aliphatic rings. The number of aromatic carboxylic acids is 1. The summed E-state index contributed by atoms with van der Waals surface area (Å²) in [4.78, 5) is 24.2. The van der Waals surface area contributed by atoms with Crippen LogP contribution in [0, 0.1) is 0 Å². The molecule has 1 aromatic heterocycles. The van der Waals surface area contributed by atoms with Crippen molar-refractivity contribution in [2.24, 2.45) is 0 Å². The molecule has 3 aromatic rings. The number of nitrogens with zero attached hydrogens (tertiary/aromatic N) is 2. The van der Waals surface area contributed by atoms with Gasteiger partial charge in [-0.3, -0.25) is 4.79 Å². The molecule has 0 unspecified atom stereocenters. The number of aromatic nitrogens is 2. The third kappa shape index (κ3) is 3.40. The minimum Gasteiger partial charge on any atom is -0.490 e. The van der Waals surface area contributed by atoms with Crippen molar-refractivity contribution in [2.45, 2.75) is 0 Å². The van der Waals surface area contributed by atoms with Crippen LogP contribution in [0.1, 0.15) is 10.5 Å². The third-order valence-corrected chi connectivity index (χ3v) is 3.95. The molecule has 0 spiro atoms. The van der Waals surface area contributed by atoms with Gasteiger partial charge in [0.1, 0.15) is 12.4 Å². The van der Waals surface area contributed by atoms with Crippen molar-refractivity contribution >= 4 is 28.5 Å². The van der Waals surface area contributed by atoms with Crippen LogP contribution < -0.4 is 10.2 Å². The van der Waals surface area contributed by atoms with Gasteiger partial charge >= 0.3 is 5.97 Å². The van der Waals surface area contributed by atoms with Crippen LogP contribution in [0.2, 0.25) is 5.02 Å². The monoisotopic (exact) mass is 374 g/mol. The second kappa shape index (κ2) is 7.55. The first-order valence-electron chi connectivity index (χ1n) is 7.70. The van der Waals surface area contributed by atoms with Gasteiger partial charge in [0.05, 0.1) is 23.2 Å². The molecule has 134 valence electrons. The fraction of sp³-hybridized carbons (Fsp3) is 0.167. The van der Waals surface area contributed by atoms with E-state index in [0.717, 1.165) is 0 Å². The van der Waals surface area contributed by atoms with E-state index in [1.54, 1.807) is 42.5 Å². The summed E-state index contributed by atoms with van der Waals surface area (Å²) >= 11 is 5.91. The first-order valence-corrected chi connectivity index (χ1v) is 8.07. The first-order chi connectivity index (χ1) is 12.5. The van der Waals surface area contributed by atoms with Gasteiger partial charge in [0.15, 0.2) is 0 Å². The molecule has 0 fully saturated rings. The van der Waals surface area contributed by atoms with Crippen LogP contribution in [0.25, 0.3) is 16.6 Å². The zero-order chi connectivity index (χ0) is 18.7. The summed E-state index contributed by atoms with van der Waals surface area (Å²) in [6, 6.07) is 11.7. The number of ether oxygens (including phenoxy) is 2. The molecule has 1 heterocycles. The number of halogens is 1. The molecule has 8 heteroatoms. The number of carboxylic acid groups (broad SMARTS) is 1. The highest BCUT2D eigenvalue weighted by Crippen LogP contribution is 2.25. The summed E-state index contributed by atoms with van der Waals surface area (Å²) in [6.07, 6.45) is 0. The van der Waals surface area contributed by atoms with E-state index in [1.807, 2.05) is 0 Å². The molecule has 0 amide bonds. The number of benzene rings is 2. The lowest BCUT2D eigenvalue weighted by Gasteiger charge is -2.14.